The molecule has 0 saturated carbocycles. The van der Waals surface area contributed by atoms with Crippen LogP contribution in [-0.4, -0.2) is 11.1 Å². The van der Waals surface area contributed by atoms with Crippen molar-refractivity contribution in [1.29, 1.82) is 0 Å². The molecule has 1 aromatic carbocycles. The van der Waals surface area contributed by atoms with E-state index in [0.29, 0.717) is 0 Å². The predicted molar refractivity (Wildman–Crippen MR) is 54.3 cm³/mol. The number of aliphatic hydroxyl groups is 1. The zero-order chi connectivity index (χ0) is 9.68. The van der Waals surface area contributed by atoms with Crippen molar-refractivity contribution < 1.29 is 5.11 Å². The van der Waals surface area contributed by atoms with Crippen molar-refractivity contribution in [2.24, 2.45) is 5.73 Å². The summed E-state index contributed by atoms with van der Waals surface area (Å²) < 4.78 is 0. The third kappa shape index (κ3) is 2.83. The summed E-state index contributed by atoms with van der Waals surface area (Å²) in [5.41, 5.74) is 6.72. The van der Waals surface area contributed by atoms with Gasteiger partial charge < -0.3 is 10.8 Å². The van der Waals surface area contributed by atoms with E-state index in [1.807, 2.05) is 30.3 Å². The number of hydrogen-bond donors (Lipinski definition) is 2. The summed E-state index contributed by atoms with van der Waals surface area (Å²) in [6.45, 7) is 2.07. The summed E-state index contributed by atoms with van der Waals surface area (Å²) >= 11 is 0. The third-order valence-electron chi connectivity index (χ3n) is 2.17. The molecule has 72 valence electrons. The molecule has 2 atom stereocenters. The van der Waals surface area contributed by atoms with Crippen LogP contribution >= 0.6 is 0 Å². The van der Waals surface area contributed by atoms with E-state index in [-0.39, 0.29) is 6.04 Å². The average Bonchev–Trinajstić information content (AvgIpc) is 2.18. The van der Waals surface area contributed by atoms with Crippen LogP contribution in [0.25, 0.3) is 0 Å². The van der Waals surface area contributed by atoms with E-state index >= 15 is 0 Å². The van der Waals surface area contributed by atoms with Crippen molar-refractivity contribution in [2.75, 3.05) is 0 Å². The summed E-state index contributed by atoms with van der Waals surface area (Å²) in [7, 11) is 0. The molecule has 2 heteroatoms. The molecule has 0 radical (unpaired) electrons. The van der Waals surface area contributed by atoms with Gasteiger partial charge in [0.05, 0.1) is 6.10 Å². The Morgan fingerprint density at radius 1 is 1.31 bits per heavy atom. The summed E-state index contributed by atoms with van der Waals surface area (Å²) in [6, 6.07) is 9.42. The van der Waals surface area contributed by atoms with Gasteiger partial charge in [-0.1, -0.05) is 43.7 Å². The van der Waals surface area contributed by atoms with Gasteiger partial charge in [-0.2, -0.15) is 0 Å². The maximum absolute atomic E-state index is 9.80. The summed E-state index contributed by atoms with van der Waals surface area (Å²) in [5.74, 6) is 0. The first-order valence-electron chi connectivity index (χ1n) is 4.74. The van der Waals surface area contributed by atoms with Crippen LogP contribution < -0.4 is 5.73 Å². The number of nitrogens with two attached hydrogens (primary N) is 1. The van der Waals surface area contributed by atoms with E-state index in [1.54, 1.807) is 0 Å². The Bertz CT molecular complexity index is 235. The maximum Gasteiger partial charge on any atom is 0.0940 e. The summed E-state index contributed by atoms with van der Waals surface area (Å²) in [4.78, 5) is 0. The van der Waals surface area contributed by atoms with E-state index < -0.39 is 6.10 Å². The molecule has 0 saturated heterocycles. The molecule has 1 aromatic rings. The predicted octanol–water partition coefficient (Wildman–Crippen LogP) is 1.85. The monoisotopic (exact) mass is 179 g/mol. The van der Waals surface area contributed by atoms with Crippen molar-refractivity contribution in [2.45, 2.75) is 31.9 Å². The standard InChI is InChI=1S/C11H17NO/c1-2-6-10(12)11(13)9-7-4-3-5-8-9/h3-5,7-8,10-11,13H,2,6,12H2,1H3/t10-,11+/m0/s1. The van der Waals surface area contributed by atoms with Crippen LogP contribution in [0.15, 0.2) is 30.3 Å². The van der Waals surface area contributed by atoms with Gasteiger partial charge in [0.1, 0.15) is 0 Å². The fourth-order valence-corrected chi connectivity index (χ4v) is 1.39. The molecule has 0 spiro atoms. The Hall–Kier alpha value is -0.860. The minimum absolute atomic E-state index is 0.146. The van der Waals surface area contributed by atoms with Crippen LogP contribution in [0.5, 0.6) is 0 Å². The van der Waals surface area contributed by atoms with Gasteiger partial charge in [-0.25, -0.2) is 0 Å². The topological polar surface area (TPSA) is 46.2 Å². The van der Waals surface area contributed by atoms with Crippen molar-refractivity contribution in [3.63, 3.8) is 0 Å². The summed E-state index contributed by atoms with van der Waals surface area (Å²) in [6.07, 6.45) is 1.34. The maximum atomic E-state index is 9.80. The Kier molecular flexibility index (Phi) is 3.93. The van der Waals surface area contributed by atoms with Gasteiger partial charge in [-0.05, 0) is 12.0 Å². The minimum atomic E-state index is -0.527. The first-order valence-corrected chi connectivity index (χ1v) is 4.74. The Balaban J connectivity index is 2.62. The highest BCUT2D eigenvalue weighted by molar-refractivity contribution is 5.18. The summed E-state index contributed by atoms with van der Waals surface area (Å²) in [5, 5.41) is 9.80. The second-order valence-corrected chi connectivity index (χ2v) is 3.31. The first kappa shape index (κ1) is 10.2. The lowest BCUT2D eigenvalue weighted by Gasteiger charge is -2.18. The van der Waals surface area contributed by atoms with Crippen LogP contribution in [-0.2, 0) is 0 Å². The first-order chi connectivity index (χ1) is 6.25. The second-order valence-electron chi connectivity index (χ2n) is 3.31. The highest BCUT2D eigenvalue weighted by Crippen LogP contribution is 2.17. The van der Waals surface area contributed by atoms with Gasteiger partial charge in [-0.15, -0.1) is 0 Å². The molecule has 0 amide bonds. The Morgan fingerprint density at radius 3 is 2.46 bits per heavy atom. The van der Waals surface area contributed by atoms with Crippen LogP contribution in [0, 0.1) is 0 Å². The average molecular weight is 179 g/mol. The molecule has 3 N–H and O–H groups in total. The van der Waals surface area contributed by atoms with E-state index in [2.05, 4.69) is 6.92 Å². The van der Waals surface area contributed by atoms with Crippen LogP contribution in [0.3, 0.4) is 0 Å². The fourth-order valence-electron chi connectivity index (χ4n) is 1.39. The Labute approximate surface area is 79.4 Å². The van der Waals surface area contributed by atoms with E-state index in [4.69, 9.17) is 5.73 Å². The lowest BCUT2D eigenvalue weighted by atomic mass is 10.00. The van der Waals surface area contributed by atoms with Crippen molar-refractivity contribution in [3.8, 4) is 0 Å². The zero-order valence-electron chi connectivity index (χ0n) is 7.98. The molecule has 0 aliphatic rings. The molecule has 0 fully saturated rings. The molecule has 2 nitrogen and oxygen atoms in total. The van der Waals surface area contributed by atoms with Crippen LogP contribution in [0.4, 0.5) is 0 Å². The molecule has 0 aliphatic carbocycles. The third-order valence-corrected chi connectivity index (χ3v) is 2.17. The van der Waals surface area contributed by atoms with Gasteiger partial charge in [0.2, 0.25) is 0 Å². The van der Waals surface area contributed by atoms with Crippen molar-refractivity contribution in [3.05, 3.63) is 35.9 Å². The SMILES string of the molecule is CCC[C@H](N)[C@H](O)c1ccccc1. The molecule has 1 rings (SSSR count). The van der Waals surface area contributed by atoms with Gasteiger partial charge in [0.25, 0.3) is 0 Å². The molecular formula is C11H17NO. The van der Waals surface area contributed by atoms with Gasteiger partial charge in [-0.3, -0.25) is 0 Å². The smallest absolute Gasteiger partial charge is 0.0940 e. The quantitative estimate of drug-likeness (QED) is 0.741. The lowest BCUT2D eigenvalue weighted by Crippen LogP contribution is -2.27. The molecular weight excluding hydrogens is 162 g/mol. The van der Waals surface area contributed by atoms with E-state index in [0.717, 1.165) is 18.4 Å². The largest absolute Gasteiger partial charge is 0.387 e. The molecule has 0 aromatic heterocycles. The molecule has 0 bridgehead atoms. The normalized spacial score (nSPS) is 15.3. The fraction of sp³-hybridized carbons (Fsp3) is 0.455. The van der Waals surface area contributed by atoms with Crippen molar-refractivity contribution in [1.82, 2.24) is 0 Å². The number of benzene rings is 1. The Morgan fingerprint density at radius 2 is 1.92 bits per heavy atom. The van der Waals surface area contributed by atoms with E-state index in [9.17, 15) is 5.11 Å². The zero-order valence-corrected chi connectivity index (χ0v) is 7.98. The highest BCUT2D eigenvalue weighted by Gasteiger charge is 2.14. The molecule has 13 heavy (non-hydrogen) atoms. The molecule has 0 heterocycles. The van der Waals surface area contributed by atoms with Gasteiger partial charge >= 0.3 is 0 Å². The number of aliphatic hydroxyl groups excluding tert-OH is 1. The number of hydrogen-bond acceptors (Lipinski definition) is 2. The highest BCUT2D eigenvalue weighted by atomic mass is 16.3. The lowest BCUT2D eigenvalue weighted by molar-refractivity contribution is 0.142. The minimum Gasteiger partial charge on any atom is -0.387 e. The van der Waals surface area contributed by atoms with E-state index in [1.165, 1.54) is 0 Å². The van der Waals surface area contributed by atoms with Gasteiger partial charge in [0.15, 0.2) is 0 Å². The molecule has 0 unspecified atom stereocenters. The number of rotatable bonds is 4. The second kappa shape index (κ2) is 5.00. The van der Waals surface area contributed by atoms with Crippen LogP contribution in [0.1, 0.15) is 31.4 Å². The van der Waals surface area contributed by atoms with Crippen LogP contribution in [0.2, 0.25) is 0 Å². The van der Waals surface area contributed by atoms with Gasteiger partial charge in [0, 0.05) is 6.04 Å². The van der Waals surface area contributed by atoms with Crippen molar-refractivity contribution >= 4 is 0 Å². The molecule has 0 aliphatic heterocycles.